The molecule has 3 aliphatic heterocycles. The number of hydrogen-bond donors (Lipinski definition) is 2. The number of carbonyl (C=O) groups excluding carboxylic acids is 3. The van der Waals surface area contributed by atoms with Gasteiger partial charge >= 0.3 is 6.09 Å². The van der Waals surface area contributed by atoms with E-state index < -0.39 is 24.0 Å². The second kappa shape index (κ2) is 10.4. The van der Waals surface area contributed by atoms with Crippen LogP contribution in [0, 0.1) is 5.92 Å². The first kappa shape index (κ1) is 23.3. The summed E-state index contributed by atoms with van der Waals surface area (Å²) in [4.78, 5) is 43.6. The Morgan fingerprint density at radius 1 is 1.06 bits per heavy atom. The summed E-state index contributed by atoms with van der Waals surface area (Å²) in [6, 6.07) is 9.35. The zero-order chi connectivity index (χ0) is 23.4. The summed E-state index contributed by atoms with van der Waals surface area (Å²) in [6.45, 7) is 2.73. The van der Waals surface area contributed by atoms with Crippen molar-refractivity contribution < 1.29 is 24.3 Å². The smallest absolute Gasteiger partial charge is 0.410 e. The number of benzene rings is 1. The normalized spacial score (nSPS) is 26.0. The van der Waals surface area contributed by atoms with Gasteiger partial charge in [0.2, 0.25) is 11.8 Å². The van der Waals surface area contributed by atoms with Crippen LogP contribution in [0.3, 0.4) is 0 Å². The standard InChI is InChI=1S/C24H32N4O5/c1-26-16-19(33-24(31)28-11-5-6-12-28)15-20(22(29)25-32)21(26)23(30)27-13-9-18(10-14-27)17-7-3-2-4-8-17/h2-4,7-9,19-21,32H,5-6,10-16H2,1H3,(H,25,29). The molecule has 0 bridgehead atoms. The SMILES string of the molecule is CN1CC(OC(=O)N2CCCC2)CC(C(=O)NO)C1C(=O)N1CC=C(c2ccccc2)CC1. The molecule has 3 atom stereocenters. The van der Waals surface area contributed by atoms with Crippen LogP contribution in [-0.4, -0.2) is 89.7 Å². The summed E-state index contributed by atoms with van der Waals surface area (Å²) in [7, 11) is 1.76. The van der Waals surface area contributed by atoms with Gasteiger partial charge in [0.05, 0.1) is 5.92 Å². The maximum atomic E-state index is 13.5. The number of amides is 3. The van der Waals surface area contributed by atoms with Crippen LogP contribution in [0.1, 0.15) is 31.2 Å². The molecule has 33 heavy (non-hydrogen) atoms. The first-order valence-corrected chi connectivity index (χ1v) is 11.6. The molecule has 4 rings (SSSR count). The average molecular weight is 457 g/mol. The molecular formula is C24H32N4O5. The van der Waals surface area contributed by atoms with Gasteiger partial charge in [-0.2, -0.15) is 0 Å². The minimum absolute atomic E-state index is 0.154. The summed E-state index contributed by atoms with van der Waals surface area (Å²) in [5, 5.41) is 9.32. The van der Waals surface area contributed by atoms with Gasteiger partial charge in [-0.15, -0.1) is 0 Å². The van der Waals surface area contributed by atoms with E-state index in [-0.39, 0.29) is 18.4 Å². The summed E-state index contributed by atoms with van der Waals surface area (Å²) < 4.78 is 5.66. The molecule has 1 aromatic rings. The van der Waals surface area contributed by atoms with Crippen molar-refractivity contribution in [3.05, 3.63) is 42.0 Å². The van der Waals surface area contributed by atoms with Gasteiger partial charge in [0.1, 0.15) is 12.1 Å². The quantitative estimate of drug-likeness (QED) is 0.529. The molecule has 9 heteroatoms. The lowest BCUT2D eigenvalue weighted by Gasteiger charge is -2.43. The number of hydrogen-bond acceptors (Lipinski definition) is 6. The molecule has 178 valence electrons. The van der Waals surface area contributed by atoms with Crippen LogP contribution < -0.4 is 5.48 Å². The number of nitrogens with zero attached hydrogens (tertiary/aromatic N) is 3. The molecule has 3 unspecified atom stereocenters. The second-order valence-electron chi connectivity index (χ2n) is 9.03. The maximum Gasteiger partial charge on any atom is 0.410 e. The van der Waals surface area contributed by atoms with E-state index in [2.05, 4.69) is 18.2 Å². The molecule has 0 radical (unpaired) electrons. The Hall–Kier alpha value is -2.91. The first-order chi connectivity index (χ1) is 16.0. The van der Waals surface area contributed by atoms with E-state index in [1.165, 1.54) is 5.57 Å². The number of nitrogens with one attached hydrogen (secondary N) is 1. The highest BCUT2D eigenvalue weighted by atomic mass is 16.6. The van der Waals surface area contributed by atoms with Crippen LogP contribution in [0.15, 0.2) is 36.4 Å². The summed E-state index contributed by atoms with van der Waals surface area (Å²) in [5.41, 5.74) is 4.06. The molecule has 3 heterocycles. The molecule has 2 saturated heterocycles. The van der Waals surface area contributed by atoms with Gasteiger partial charge < -0.3 is 14.5 Å². The van der Waals surface area contributed by atoms with Gasteiger partial charge in [-0.25, -0.2) is 10.3 Å². The predicted octanol–water partition coefficient (Wildman–Crippen LogP) is 1.73. The van der Waals surface area contributed by atoms with Crippen molar-refractivity contribution in [1.82, 2.24) is 20.2 Å². The number of ether oxygens (including phenoxy) is 1. The number of hydroxylamine groups is 1. The van der Waals surface area contributed by atoms with Crippen LogP contribution in [-0.2, 0) is 14.3 Å². The average Bonchev–Trinajstić information content (AvgIpc) is 3.39. The highest BCUT2D eigenvalue weighted by Crippen LogP contribution is 2.29. The molecule has 0 aliphatic carbocycles. The van der Waals surface area contributed by atoms with Crippen molar-refractivity contribution in [3.8, 4) is 0 Å². The van der Waals surface area contributed by atoms with E-state index in [4.69, 9.17) is 4.74 Å². The lowest BCUT2D eigenvalue weighted by molar-refractivity contribution is -0.151. The van der Waals surface area contributed by atoms with Crippen LogP contribution >= 0.6 is 0 Å². The second-order valence-corrected chi connectivity index (χ2v) is 9.03. The Balaban J connectivity index is 1.43. The van der Waals surface area contributed by atoms with E-state index in [0.29, 0.717) is 32.7 Å². The topological polar surface area (TPSA) is 102 Å². The van der Waals surface area contributed by atoms with Crippen LogP contribution in [0.2, 0.25) is 0 Å². The fourth-order valence-electron chi connectivity index (χ4n) is 5.10. The number of carbonyl (C=O) groups is 3. The van der Waals surface area contributed by atoms with E-state index in [1.807, 2.05) is 18.2 Å². The highest BCUT2D eigenvalue weighted by Gasteiger charge is 2.45. The van der Waals surface area contributed by atoms with Crippen LogP contribution in [0.5, 0.6) is 0 Å². The zero-order valence-electron chi connectivity index (χ0n) is 19.0. The van der Waals surface area contributed by atoms with Crippen molar-refractivity contribution in [2.75, 3.05) is 39.8 Å². The first-order valence-electron chi connectivity index (χ1n) is 11.6. The highest BCUT2D eigenvalue weighted by molar-refractivity contribution is 5.90. The van der Waals surface area contributed by atoms with E-state index >= 15 is 0 Å². The van der Waals surface area contributed by atoms with E-state index in [9.17, 15) is 19.6 Å². The third kappa shape index (κ3) is 5.20. The van der Waals surface area contributed by atoms with Gasteiger partial charge in [-0.3, -0.25) is 19.7 Å². The molecule has 0 saturated carbocycles. The molecule has 3 amide bonds. The molecular weight excluding hydrogens is 424 g/mol. The molecule has 9 nitrogen and oxygen atoms in total. The third-order valence-electron chi connectivity index (χ3n) is 6.86. The Bertz CT molecular complexity index is 899. The van der Waals surface area contributed by atoms with E-state index in [0.717, 1.165) is 24.8 Å². The molecule has 0 spiro atoms. The van der Waals surface area contributed by atoms with Gasteiger partial charge in [-0.1, -0.05) is 36.4 Å². The number of likely N-dealkylation sites (tertiary alicyclic amines) is 2. The lowest BCUT2D eigenvalue weighted by Crippen LogP contribution is -2.60. The van der Waals surface area contributed by atoms with Gasteiger partial charge in [-0.05, 0) is 43.9 Å². The van der Waals surface area contributed by atoms with Crippen molar-refractivity contribution >= 4 is 23.5 Å². The number of likely N-dealkylation sites (N-methyl/N-ethyl adjacent to an activating group) is 1. The monoisotopic (exact) mass is 456 g/mol. The Kier molecular flexibility index (Phi) is 7.29. The Morgan fingerprint density at radius 3 is 2.42 bits per heavy atom. The summed E-state index contributed by atoms with van der Waals surface area (Å²) >= 11 is 0. The Labute approximate surface area is 193 Å². The fraction of sp³-hybridized carbons (Fsp3) is 0.542. The van der Waals surface area contributed by atoms with Crippen molar-refractivity contribution in [1.29, 1.82) is 0 Å². The van der Waals surface area contributed by atoms with Gasteiger partial charge in [0.25, 0.3) is 0 Å². The number of piperidine rings is 1. The minimum atomic E-state index is -0.822. The maximum absolute atomic E-state index is 13.5. The van der Waals surface area contributed by atoms with E-state index in [1.54, 1.807) is 27.2 Å². The molecule has 0 aromatic heterocycles. The number of rotatable bonds is 4. The molecule has 3 aliphatic rings. The summed E-state index contributed by atoms with van der Waals surface area (Å²) in [6.07, 6.45) is 3.99. The largest absolute Gasteiger partial charge is 0.445 e. The predicted molar refractivity (Wildman–Crippen MR) is 121 cm³/mol. The van der Waals surface area contributed by atoms with Crippen molar-refractivity contribution in [2.45, 2.75) is 37.8 Å². The van der Waals surface area contributed by atoms with Crippen molar-refractivity contribution in [2.24, 2.45) is 5.92 Å². The van der Waals surface area contributed by atoms with Gasteiger partial charge in [0, 0.05) is 32.7 Å². The Morgan fingerprint density at radius 2 is 1.79 bits per heavy atom. The van der Waals surface area contributed by atoms with Gasteiger partial charge in [0.15, 0.2) is 0 Å². The van der Waals surface area contributed by atoms with Crippen LogP contribution in [0.4, 0.5) is 4.79 Å². The fourth-order valence-corrected chi connectivity index (χ4v) is 5.10. The van der Waals surface area contributed by atoms with Crippen molar-refractivity contribution in [3.63, 3.8) is 0 Å². The minimum Gasteiger partial charge on any atom is -0.445 e. The summed E-state index contributed by atoms with van der Waals surface area (Å²) in [5.74, 6) is -1.62. The molecule has 2 N–H and O–H groups in total. The lowest BCUT2D eigenvalue weighted by atomic mass is 9.86. The zero-order valence-corrected chi connectivity index (χ0v) is 19.0. The third-order valence-corrected chi connectivity index (χ3v) is 6.86. The molecule has 2 fully saturated rings. The molecule has 1 aromatic carbocycles. The van der Waals surface area contributed by atoms with Crippen LogP contribution in [0.25, 0.3) is 5.57 Å².